The van der Waals surface area contributed by atoms with Crippen LogP contribution in [0.4, 0.5) is 0 Å². The zero-order chi connectivity index (χ0) is 11.9. The molecule has 0 heterocycles. The molecule has 0 aliphatic rings. The van der Waals surface area contributed by atoms with Crippen molar-refractivity contribution in [3.63, 3.8) is 0 Å². The van der Waals surface area contributed by atoms with Gasteiger partial charge in [0.15, 0.2) is 0 Å². The monoisotopic (exact) mass is 229 g/mol. The van der Waals surface area contributed by atoms with E-state index in [-0.39, 0.29) is 0 Å². The lowest BCUT2D eigenvalue weighted by molar-refractivity contribution is 0.142. The molecule has 0 aromatic rings. The van der Waals surface area contributed by atoms with E-state index < -0.39 is 0 Å². The highest BCUT2D eigenvalue weighted by Gasteiger charge is 1.93. The van der Waals surface area contributed by atoms with Crippen molar-refractivity contribution in [1.82, 2.24) is 0 Å². The van der Waals surface area contributed by atoms with Crippen molar-refractivity contribution < 1.29 is 9.47 Å². The lowest BCUT2D eigenvalue weighted by Gasteiger charge is -2.03. The molecule has 0 saturated carbocycles. The van der Waals surface area contributed by atoms with Crippen molar-refractivity contribution in [2.24, 2.45) is 0 Å². The van der Waals surface area contributed by atoms with Gasteiger partial charge in [0, 0.05) is 26.4 Å². The van der Waals surface area contributed by atoms with Gasteiger partial charge in [0.25, 0.3) is 0 Å². The SMILES string of the molecule is CCOCCCC[CH]CCCCCOCC. The summed E-state index contributed by atoms with van der Waals surface area (Å²) in [5.41, 5.74) is 0. The second kappa shape index (κ2) is 14.9. The van der Waals surface area contributed by atoms with E-state index in [9.17, 15) is 0 Å². The normalized spacial score (nSPS) is 10.9. The smallest absolute Gasteiger partial charge is 0.0465 e. The number of unbranched alkanes of at least 4 members (excludes halogenated alkanes) is 7. The highest BCUT2D eigenvalue weighted by atomic mass is 16.5. The molecule has 0 spiro atoms. The molecule has 0 fully saturated rings. The van der Waals surface area contributed by atoms with Crippen LogP contribution in [0.1, 0.15) is 58.8 Å². The summed E-state index contributed by atoms with van der Waals surface area (Å²) in [6.45, 7) is 7.67. The summed E-state index contributed by atoms with van der Waals surface area (Å²) in [6, 6.07) is 0. The Hall–Kier alpha value is -0.0800. The van der Waals surface area contributed by atoms with Gasteiger partial charge in [0.2, 0.25) is 0 Å². The topological polar surface area (TPSA) is 18.5 Å². The lowest BCUT2D eigenvalue weighted by Crippen LogP contribution is -1.94. The summed E-state index contributed by atoms with van der Waals surface area (Å²) in [4.78, 5) is 0. The average molecular weight is 229 g/mol. The summed E-state index contributed by atoms with van der Waals surface area (Å²) in [5, 5.41) is 0. The second-order valence-electron chi connectivity index (χ2n) is 4.03. The fraction of sp³-hybridized carbons (Fsp3) is 0.929. The molecule has 0 unspecified atom stereocenters. The third-order valence-electron chi connectivity index (χ3n) is 2.55. The van der Waals surface area contributed by atoms with E-state index in [1.54, 1.807) is 0 Å². The van der Waals surface area contributed by atoms with E-state index in [0.29, 0.717) is 0 Å². The molecular weight excluding hydrogens is 200 g/mol. The minimum atomic E-state index is 0.851. The van der Waals surface area contributed by atoms with Crippen LogP contribution in [0, 0.1) is 6.42 Å². The summed E-state index contributed by atoms with van der Waals surface area (Å²) in [5.74, 6) is 0. The Morgan fingerprint density at radius 3 is 1.75 bits per heavy atom. The quantitative estimate of drug-likeness (QED) is 0.444. The van der Waals surface area contributed by atoms with Crippen molar-refractivity contribution in [3.8, 4) is 0 Å². The number of rotatable bonds is 13. The van der Waals surface area contributed by atoms with Gasteiger partial charge in [-0.05, 0) is 33.1 Å². The van der Waals surface area contributed by atoms with E-state index in [1.807, 2.05) is 6.92 Å². The molecule has 2 nitrogen and oxygen atoms in total. The van der Waals surface area contributed by atoms with Crippen LogP contribution in [0.3, 0.4) is 0 Å². The van der Waals surface area contributed by atoms with E-state index in [1.165, 1.54) is 44.9 Å². The minimum absolute atomic E-state index is 0.851. The number of hydrogen-bond acceptors (Lipinski definition) is 2. The summed E-state index contributed by atoms with van der Waals surface area (Å²) < 4.78 is 10.6. The maximum atomic E-state index is 5.29. The molecule has 1 radical (unpaired) electrons. The molecule has 97 valence electrons. The molecule has 0 aromatic carbocycles. The molecule has 0 aromatic heterocycles. The van der Waals surface area contributed by atoms with Crippen molar-refractivity contribution in [1.29, 1.82) is 0 Å². The van der Waals surface area contributed by atoms with Gasteiger partial charge >= 0.3 is 0 Å². The fourth-order valence-corrected chi connectivity index (χ4v) is 1.60. The second-order valence-corrected chi connectivity index (χ2v) is 4.03. The third-order valence-corrected chi connectivity index (χ3v) is 2.55. The Morgan fingerprint density at radius 1 is 0.688 bits per heavy atom. The van der Waals surface area contributed by atoms with Gasteiger partial charge in [-0.25, -0.2) is 0 Å². The van der Waals surface area contributed by atoms with Crippen LogP contribution < -0.4 is 0 Å². The van der Waals surface area contributed by atoms with Gasteiger partial charge in [-0.2, -0.15) is 0 Å². The zero-order valence-corrected chi connectivity index (χ0v) is 11.2. The Kier molecular flexibility index (Phi) is 14.8. The minimum Gasteiger partial charge on any atom is -0.382 e. The molecule has 2 heteroatoms. The van der Waals surface area contributed by atoms with Gasteiger partial charge in [-0.3, -0.25) is 0 Å². The van der Waals surface area contributed by atoms with Gasteiger partial charge in [0.1, 0.15) is 0 Å². The predicted octanol–water partition coefficient (Wildman–Crippen LogP) is 3.99. The van der Waals surface area contributed by atoms with Crippen LogP contribution >= 0.6 is 0 Å². The molecule has 16 heavy (non-hydrogen) atoms. The summed E-state index contributed by atoms with van der Waals surface area (Å²) >= 11 is 0. The van der Waals surface area contributed by atoms with Crippen LogP contribution in [0.25, 0.3) is 0 Å². The summed E-state index contributed by atoms with van der Waals surface area (Å²) in [7, 11) is 0. The number of hydrogen-bond donors (Lipinski definition) is 0. The Bertz CT molecular complexity index is 101. The Morgan fingerprint density at radius 2 is 1.19 bits per heavy atom. The maximum Gasteiger partial charge on any atom is 0.0465 e. The predicted molar refractivity (Wildman–Crippen MR) is 69.6 cm³/mol. The first-order chi connectivity index (χ1) is 7.91. The Balaban J connectivity index is 2.83. The lowest BCUT2D eigenvalue weighted by atomic mass is 10.1. The molecule has 0 atom stereocenters. The molecule has 0 saturated heterocycles. The van der Waals surface area contributed by atoms with Gasteiger partial charge < -0.3 is 9.47 Å². The van der Waals surface area contributed by atoms with Gasteiger partial charge in [-0.15, -0.1) is 0 Å². The van der Waals surface area contributed by atoms with E-state index in [4.69, 9.17) is 9.47 Å². The Labute approximate surface area is 102 Å². The first kappa shape index (κ1) is 15.9. The standard InChI is InChI=1S/C14H29O2/c1-3-15-13-11-9-7-5-6-8-10-12-14-16-4-2/h5H,3-4,6-14H2,1-2H3. The molecule has 0 N–H and O–H groups in total. The van der Waals surface area contributed by atoms with Crippen molar-refractivity contribution >= 4 is 0 Å². The number of ether oxygens (including phenoxy) is 2. The highest BCUT2D eigenvalue weighted by Crippen LogP contribution is 2.07. The van der Waals surface area contributed by atoms with Crippen molar-refractivity contribution in [3.05, 3.63) is 6.42 Å². The third kappa shape index (κ3) is 13.9. The summed E-state index contributed by atoms with van der Waals surface area (Å²) in [6.07, 6.45) is 11.2. The molecule has 0 aliphatic carbocycles. The first-order valence-electron chi connectivity index (χ1n) is 6.89. The van der Waals surface area contributed by atoms with Crippen LogP contribution in [0.5, 0.6) is 0 Å². The van der Waals surface area contributed by atoms with Crippen molar-refractivity contribution in [2.45, 2.75) is 58.8 Å². The molecule has 0 amide bonds. The van der Waals surface area contributed by atoms with E-state index in [0.717, 1.165) is 26.4 Å². The molecule has 0 rings (SSSR count). The van der Waals surface area contributed by atoms with Gasteiger partial charge in [0.05, 0.1) is 0 Å². The van der Waals surface area contributed by atoms with Crippen LogP contribution in [-0.4, -0.2) is 26.4 Å². The molecule has 0 bridgehead atoms. The average Bonchev–Trinajstić information content (AvgIpc) is 2.31. The van der Waals surface area contributed by atoms with Crippen LogP contribution in [0.15, 0.2) is 0 Å². The van der Waals surface area contributed by atoms with Crippen molar-refractivity contribution in [2.75, 3.05) is 26.4 Å². The highest BCUT2D eigenvalue weighted by molar-refractivity contribution is 4.64. The first-order valence-corrected chi connectivity index (χ1v) is 6.89. The fourth-order valence-electron chi connectivity index (χ4n) is 1.60. The van der Waals surface area contributed by atoms with Crippen LogP contribution in [0.2, 0.25) is 0 Å². The zero-order valence-electron chi connectivity index (χ0n) is 11.2. The van der Waals surface area contributed by atoms with Crippen LogP contribution in [-0.2, 0) is 9.47 Å². The largest absolute Gasteiger partial charge is 0.382 e. The van der Waals surface area contributed by atoms with E-state index >= 15 is 0 Å². The van der Waals surface area contributed by atoms with E-state index in [2.05, 4.69) is 13.3 Å². The van der Waals surface area contributed by atoms with Gasteiger partial charge in [-0.1, -0.05) is 32.1 Å². The maximum absolute atomic E-state index is 5.29. The molecular formula is C14H29O2. The molecule has 0 aliphatic heterocycles.